The van der Waals surface area contributed by atoms with Crippen LogP contribution < -0.4 is 61.7 Å². The second-order valence-electron chi connectivity index (χ2n) is 27.9. The maximum atomic E-state index is 12.3. The van der Waals surface area contributed by atoms with Gasteiger partial charge in [0.05, 0.1) is 87.9 Å². The number of benzene rings is 12. The van der Waals surface area contributed by atoms with Gasteiger partial charge in [-0.3, -0.25) is 69.5 Å². The smallest absolute Gasteiger partial charge is 0.270 e. The van der Waals surface area contributed by atoms with Crippen molar-refractivity contribution in [2.75, 3.05) is 118 Å². The number of nitrogens with two attached hydrogens (primary N) is 2. The standard InChI is InChI=1S/C18H21N3OS.C16H19N3S.C14H9N3O5S.C14H13N3OS.C12H7N3O4S.C12H9NS/c1-12(22)21-15-8-6-13(19(2)3)10-17(15)23-18-11-14(20(4)5)7-9-16(18)21;1-18(2)11-5-7-13-15(9-11)20-16-10-12(19(3)4)6-8-14(16)17-13;1-8(18)15-11-4-2-9(16(19)20)6-13(11)23-14-7-10(17(21)22)3-5-12(14)15;1-8(18)17-11-4-2-9(15)6-13(11)19-14-7-10(16)3-5-12(14)17;16-14(17)7-1-3-9-11(5-7)20-12-6-8(15(18)19)2-4-10(12)13-9;1-3-7-11-9(5-1)13-10-6-2-4-8-12(10)14-11/h6-11H,1-5H3;5-10,17H,1-4H3;2-7H,1H3;2-7H,15-16H2,1H3;1-6,13H;1-8,13H. The number of hydrogen-bond acceptors (Lipinski definition) is 26. The minimum absolute atomic E-state index is 0.00747. The predicted molar refractivity (Wildman–Crippen MR) is 483 cm³/mol. The average Bonchev–Trinajstić information content (AvgIpc) is 0.761. The van der Waals surface area contributed by atoms with Crippen LogP contribution in [0.3, 0.4) is 0 Å². The Morgan fingerprint density at radius 3 is 0.790 bits per heavy atom. The van der Waals surface area contributed by atoms with Crippen LogP contribution in [0.15, 0.2) is 289 Å². The maximum Gasteiger partial charge on any atom is 0.270 e. The molecule has 6 aliphatic rings. The van der Waals surface area contributed by atoms with E-state index in [0.717, 1.165) is 76.8 Å². The topological polar surface area (TPSA) is 335 Å². The van der Waals surface area contributed by atoms with Crippen molar-refractivity contribution in [3.05, 3.63) is 271 Å². The van der Waals surface area contributed by atoms with Crippen molar-refractivity contribution in [2.24, 2.45) is 0 Å². The number of fused-ring (bicyclic) bond motifs is 12. The summed E-state index contributed by atoms with van der Waals surface area (Å²) in [6, 6.07) is 70.8. The quantitative estimate of drug-likeness (QED) is 0.0536. The normalized spacial score (nSPS) is 12.4. The van der Waals surface area contributed by atoms with E-state index in [1.54, 1.807) is 71.4 Å². The van der Waals surface area contributed by atoms with Gasteiger partial charge in [-0.25, -0.2) is 0 Å². The minimum Gasteiger partial charge on any atom is -0.399 e. The molecule has 3 amide bonds. The van der Waals surface area contributed by atoms with E-state index in [2.05, 4.69) is 173 Å². The molecule has 12 aromatic carbocycles. The average molecular weight is 1700 g/mol. The fraction of sp³-hybridized carbons (Fsp3) is 0.128. The van der Waals surface area contributed by atoms with E-state index in [9.17, 15) is 54.8 Å². The molecule has 6 aliphatic heterocycles. The number of nitrogens with zero attached hydrogens (tertiary/aromatic N) is 11. The fourth-order valence-electron chi connectivity index (χ4n) is 12.9. The molecule has 27 nitrogen and oxygen atoms in total. The van der Waals surface area contributed by atoms with Gasteiger partial charge in [0.2, 0.25) is 17.7 Å². The minimum atomic E-state index is -0.526. The number of nitrogens with one attached hydrogen (secondary N) is 3. The Labute approximate surface area is 711 Å². The van der Waals surface area contributed by atoms with Crippen LogP contribution >= 0.6 is 70.6 Å². The Hall–Kier alpha value is -13.1. The van der Waals surface area contributed by atoms with E-state index in [4.69, 9.17) is 11.5 Å². The molecule has 6 heterocycles. The summed E-state index contributed by atoms with van der Waals surface area (Å²) in [7, 11) is 16.4. The fourth-order valence-corrected chi connectivity index (χ4v) is 19.4. The van der Waals surface area contributed by atoms with Gasteiger partial charge < -0.3 is 47.0 Å². The molecule has 0 unspecified atom stereocenters. The molecular weight excluding hydrogens is 1630 g/mol. The number of carbonyl (C=O) groups is 3. The van der Waals surface area contributed by atoms with Crippen LogP contribution in [-0.4, -0.2) is 93.8 Å². The zero-order chi connectivity index (χ0) is 84.9. The van der Waals surface area contributed by atoms with Crippen LogP contribution in [0.25, 0.3) is 0 Å². The number of amides is 3. The van der Waals surface area contributed by atoms with Crippen molar-refractivity contribution in [2.45, 2.75) is 79.5 Å². The monoisotopic (exact) mass is 1700 g/mol. The van der Waals surface area contributed by atoms with Crippen LogP contribution in [0.2, 0.25) is 0 Å². The molecule has 604 valence electrons. The van der Waals surface area contributed by atoms with Gasteiger partial charge in [0.25, 0.3) is 22.7 Å². The first-order chi connectivity index (χ1) is 56.8. The Morgan fingerprint density at radius 2 is 0.487 bits per heavy atom. The van der Waals surface area contributed by atoms with Gasteiger partial charge in [-0.2, -0.15) is 0 Å². The van der Waals surface area contributed by atoms with Crippen molar-refractivity contribution in [3.63, 3.8) is 0 Å². The number of rotatable bonds is 8. The van der Waals surface area contributed by atoms with Crippen molar-refractivity contribution in [1.29, 1.82) is 0 Å². The second kappa shape index (κ2) is 35.8. The molecule has 0 fully saturated rings. The number of nitro benzene ring substituents is 4. The highest BCUT2D eigenvalue weighted by atomic mass is 32.2. The Balaban J connectivity index is 0.000000124. The van der Waals surface area contributed by atoms with Gasteiger partial charge in [0.1, 0.15) is 0 Å². The van der Waals surface area contributed by atoms with Gasteiger partial charge in [-0.15, -0.1) is 0 Å². The molecule has 0 spiro atoms. The van der Waals surface area contributed by atoms with Crippen LogP contribution in [-0.2, 0) is 14.4 Å². The highest BCUT2D eigenvalue weighted by Gasteiger charge is 2.32. The third kappa shape index (κ3) is 18.8. The highest BCUT2D eigenvalue weighted by molar-refractivity contribution is 8.01. The number of nitrogen functional groups attached to an aromatic ring is 2. The zero-order valence-corrected chi connectivity index (χ0v) is 70.9. The number of carbonyl (C=O) groups excluding carboxylic acids is 3. The molecule has 0 aliphatic carbocycles. The lowest BCUT2D eigenvalue weighted by Crippen LogP contribution is -2.26. The molecular formula is C86H78N16O11S6. The Kier molecular flexibility index (Phi) is 25.2. The van der Waals surface area contributed by atoms with E-state index in [-0.39, 0.29) is 40.5 Å². The molecule has 119 heavy (non-hydrogen) atoms. The van der Waals surface area contributed by atoms with Crippen molar-refractivity contribution in [1.82, 2.24) is 0 Å². The molecule has 7 N–H and O–H groups in total. The first kappa shape index (κ1) is 83.9. The number of para-hydroxylation sites is 2. The lowest BCUT2D eigenvalue weighted by molar-refractivity contribution is -0.385. The number of anilines is 18. The second-order valence-corrected chi connectivity index (χ2v) is 34.4. The summed E-state index contributed by atoms with van der Waals surface area (Å²) in [5, 5.41) is 53.4. The predicted octanol–water partition coefficient (Wildman–Crippen LogP) is 22.3. The van der Waals surface area contributed by atoms with Crippen LogP contribution in [0, 0.1) is 40.5 Å². The summed E-state index contributed by atoms with van der Waals surface area (Å²) in [6.45, 7) is 4.53. The number of hydrogen-bond donors (Lipinski definition) is 5. The maximum absolute atomic E-state index is 12.3. The molecule has 0 aromatic heterocycles. The summed E-state index contributed by atoms with van der Waals surface area (Å²) in [4.78, 5) is 103. The summed E-state index contributed by atoms with van der Waals surface area (Å²) in [5.74, 6) is -0.282. The summed E-state index contributed by atoms with van der Waals surface area (Å²) in [6.07, 6.45) is 0. The molecule has 0 bridgehead atoms. The van der Waals surface area contributed by atoms with Gasteiger partial charge in [-0.1, -0.05) is 94.8 Å². The van der Waals surface area contributed by atoms with Gasteiger partial charge in [0, 0.05) is 219 Å². The lowest BCUT2D eigenvalue weighted by atomic mass is 10.2. The summed E-state index contributed by atoms with van der Waals surface area (Å²) < 4.78 is 0. The third-order valence-electron chi connectivity index (χ3n) is 18.8. The highest BCUT2D eigenvalue weighted by Crippen LogP contribution is 2.55. The van der Waals surface area contributed by atoms with Crippen molar-refractivity contribution >= 4 is 213 Å². The summed E-state index contributed by atoms with van der Waals surface area (Å²) >= 11 is 9.39. The lowest BCUT2D eigenvalue weighted by Gasteiger charge is -2.32. The first-order valence-electron chi connectivity index (χ1n) is 36.5. The van der Waals surface area contributed by atoms with E-state index < -0.39 is 19.7 Å². The molecule has 0 radical (unpaired) electrons. The first-order valence-corrected chi connectivity index (χ1v) is 41.4. The van der Waals surface area contributed by atoms with E-state index in [0.29, 0.717) is 42.3 Å². The molecule has 0 saturated heterocycles. The van der Waals surface area contributed by atoms with Crippen molar-refractivity contribution < 1.29 is 34.1 Å². The zero-order valence-electron chi connectivity index (χ0n) is 66.0. The largest absolute Gasteiger partial charge is 0.399 e. The molecule has 0 saturated carbocycles. The van der Waals surface area contributed by atoms with E-state index in [1.807, 2.05) is 88.1 Å². The van der Waals surface area contributed by atoms with Crippen LogP contribution in [0.5, 0.6) is 0 Å². The third-order valence-corrected chi connectivity index (χ3v) is 25.5. The molecule has 0 atom stereocenters. The van der Waals surface area contributed by atoms with E-state index in [1.165, 1.54) is 138 Å². The SMILES string of the molecule is CC(=O)N1c2ccc(N(C)C)cc2Sc2cc(N(C)C)ccc21.CC(=O)N1c2ccc(N)cc2Sc2cc(N)ccc21.CC(=O)N1c2ccc([N+](=O)[O-])cc2Sc2cc([N+](=O)[O-])ccc21.CN(C)c1ccc2c(c1)Sc1cc(N(C)C)ccc1N2.O=[N+]([O-])c1ccc2c(c1)Sc1cc([N+](=O)[O-])ccc1N2.c1ccc2c(c1)Nc1ccccc1S2. The molecule has 18 rings (SSSR count). The molecule has 12 aromatic rings. The number of non-ortho nitro benzene ring substituents is 4. The number of nitro groups is 4. The Morgan fingerprint density at radius 1 is 0.277 bits per heavy atom. The van der Waals surface area contributed by atoms with Gasteiger partial charge in [-0.05, 0) is 158 Å². The van der Waals surface area contributed by atoms with Crippen LogP contribution in [0.4, 0.5) is 125 Å². The van der Waals surface area contributed by atoms with Crippen molar-refractivity contribution in [3.8, 4) is 0 Å². The summed E-state index contributed by atoms with van der Waals surface area (Å²) in [5.41, 5.74) is 28.5. The molecule has 33 heteroatoms. The van der Waals surface area contributed by atoms with Gasteiger partial charge in [0.15, 0.2) is 0 Å². The van der Waals surface area contributed by atoms with E-state index >= 15 is 0 Å². The van der Waals surface area contributed by atoms with Gasteiger partial charge >= 0.3 is 0 Å². The Bertz CT molecular complexity index is 5700. The van der Waals surface area contributed by atoms with Crippen LogP contribution in [0.1, 0.15) is 20.8 Å².